The highest BCUT2D eigenvalue weighted by molar-refractivity contribution is 5.87. The van der Waals surface area contributed by atoms with Gasteiger partial charge < -0.3 is 196 Å². The Bertz CT molecular complexity index is 3730. The quantitative estimate of drug-likeness (QED) is 0.0145. The zero-order valence-corrected chi connectivity index (χ0v) is 71.2. The molecule has 45 heteroatoms. The van der Waals surface area contributed by atoms with Gasteiger partial charge in [-0.25, -0.2) is 14.4 Å². The number of ether oxygens (including phenoxy) is 18. The molecule has 0 saturated carbocycles. The fourth-order valence-electron chi connectivity index (χ4n) is 13.8. The molecule has 3 heterocycles. The maximum absolute atomic E-state index is 13.3. The number of hydrogen-bond donors (Lipinski definition) is 21. The summed E-state index contributed by atoms with van der Waals surface area (Å²) in [6.45, 7) is -0.423. The van der Waals surface area contributed by atoms with E-state index in [0.717, 1.165) is 33.4 Å². The van der Waals surface area contributed by atoms with E-state index < -0.39 is 166 Å². The lowest BCUT2D eigenvalue weighted by Gasteiger charge is -2.40. The first-order valence-corrected chi connectivity index (χ1v) is 42.0. The molecule has 3 aromatic rings. The molecule has 714 valence electrons. The number of nitrogens with two attached hydrogens (primary N) is 3. The average molecular weight is 1800 g/mol. The second-order valence-electron chi connectivity index (χ2n) is 29.7. The zero-order chi connectivity index (χ0) is 91.5. The van der Waals surface area contributed by atoms with Crippen molar-refractivity contribution >= 4 is 36.0 Å². The summed E-state index contributed by atoms with van der Waals surface area (Å²) < 4.78 is 103. The van der Waals surface area contributed by atoms with E-state index in [9.17, 15) is 90.0 Å². The minimum atomic E-state index is -1.74. The van der Waals surface area contributed by atoms with Crippen LogP contribution in [0, 0.1) is 0 Å². The van der Waals surface area contributed by atoms with E-state index in [0.29, 0.717) is 112 Å². The van der Waals surface area contributed by atoms with Crippen LogP contribution >= 0.6 is 0 Å². The van der Waals surface area contributed by atoms with E-state index in [4.69, 9.17) is 102 Å². The molecule has 3 saturated heterocycles. The number of unbranched alkanes of at least 4 members (excludes halogenated alkanes) is 3. The topological polar surface area (TPSA) is 662 Å². The van der Waals surface area contributed by atoms with Gasteiger partial charge in [0.25, 0.3) is 0 Å². The summed E-state index contributed by atoms with van der Waals surface area (Å²) in [7, 11) is 4.59. The van der Waals surface area contributed by atoms with E-state index >= 15 is 0 Å². The lowest BCUT2D eigenvalue weighted by atomic mass is 9.94. The van der Waals surface area contributed by atoms with E-state index in [-0.39, 0.29) is 138 Å². The molecule has 3 fully saturated rings. The summed E-state index contributed by atoms with van der Waals surface area (Å²) in [5.74, 6) is 0.260. The van der Waals surface area contributed by atoms with Gasteiger partial charge in [0.1, 0.15) is 131 Å². The molecule has 3 aromatic carbocycles. The molecule has 6 amide bonds. The predicted octanol–water partition coefficient (Wildman–Crippen LogP) is -5.55. The second-order valence-corrected chi connectivity index (χ2v) is 29.7. The van der Waals surface area contributed by atoms with Gasteiger partial charge in [-0.3, -0.25) is 14.4 Å². The fourth-order valence-corrected chi connectivity index (χ4v) is 13.8. The number of hydrogen-bond acceptors (Lipinski definition) is 39. The molecule has 0 radical (unpaired) electrons. The van der Waals surface area contributed by atoms with E-state index in [1.165, 1.54) is 21.3 Å². The summed E-state index contributed by atoms with van der Waals surface area (Å²) in [6.07, 6.45) is -22.1. The van der Waals surface area contributed by atoms with Crippen molar-refractivity contribution < 1.29 is 175 Å². The van der Waals surface area contributed by atoms with Gasteiger partial charge in [0.15, 0.2) is 53.2 Å². The molecule has 0 unspecified atom stereocenters. The fraction of sp³-hybridized carbons (Fsp3) is 0.704. The van der Waals surface area contributed by atoms with Crippen LogP contribution in [-0.4, -0.2) is 387 Å². The molecule has 1 aliphatic carbocycles. The number of carbonyl (C=O) groups is 6. The number of rotatable bonds is 57. The molecule has 0 spiro atoms. The summed E-state index contributed by atoms with van der Waals surface area (Å²) >= 11 is 0. The Balaban J connectivity index is 0.928. The summed E-state index contributed by atoms with van der Waals surface area (Å²) in [6, 6.07) is 8.00. The molecule has 24 N–H and O–H groups in total. The molecule has 126 heavy (non-hydrogen) atoms. The van der Waals surface area contributed by atoms with Crippen molar-refractivity contribution in [2.24, 2.45) is 17.2 Å². The van der Waals surface area contributed by atoms with Crippen molar-refractivity contribution in [3.8, 4) is 34.5 Å². The minimum absolute atomic E-state index is 0.0270. The summed E-state index contributed by atoms with van der Waals surface area (Å²) in [5.41, 5.74) is 22.3. The maximum Gasteiger partial charge on any atom is 0.407 e. The molecular weight excluding hydrogens is 1670 g/mol. The molecule has 7 rings (SSSR count). The standard InChI is InChI=1S/C81H129N9O36/c1-109-55-37-46-34-47-38-56(110-2)59(119-29-23-113-17-20-116-26-32-122-80(107)86-53(11-5-8-14-83)74(104)89-77-71(101)68(98)65(95)62(44-92)125-77)41-50(47)36-51-42-60(120-30-24-114-18-21-117-27-33-123-81(108)87-54(12-6-9-15-84)75(105)90-78-72(102)69(99)66(96)63(45-93)126-78)57(111-3)39-48(51)35-49(46)40-58(55)118-28-22-112-16-19-115-25-31-121-79(106)85-52(10-4-7-13-82)73(103)88-76-70(100)67(97)64(94)61(43-91)124-76/h37-42,52-54,61-72,76-78,91-102H,4-36,43-45,82-84H2,1-3H3,(H,85,106)(H,86,107)(H,87,108)(H,88,103)(H,89,104)(H,90,105)/t52-,53-,54-,61+,62+,63+,64-,65-,66-,67-,68-,69-,70+,71+,72+,76+,77+,78+/m0/s1. The number of aliphatic hydroxyl groups is 12. The lowest BCUT2D eigenvalue weighted by molar-refractivity contribution is -0.236. The third kappa shape index (κ3) is 33.3. The third-order valence-electron chi connectivity index (χ3n) is 20.8. The van der Waals surface area contributed by atoms with Gasteiger partial charge in [-0.15, -0.1) is 0 Å². The third-order valence-corrected chi connectivity index (χ3v) is 20.8. The minimum Gasteiger partial charge on any atom is -0.493 e. The zero-order valence-electron chi connectivity index (χ0n) is 71.2. The van der Waals surface area contributed by atoms with E-state index in [2.05, 4.69) is 31.9 Å². The highest BCUT2D eigenvalue weighted by Crippen LogP contribution is 2.41. The second kappa shape index (κ2) is 56.9. The van der Waals surface area contributed by atoms with Crippen LogP contribution in [0.3, 0.4) is 0 Å². The van der Waals surface area contributed by atoms with Crippen LogP contribution in [0.2, 0.25) is 0 Å². The summed E-state index contributed by atoms with van der Waals surface area (Å²) in [5, 5.41) is 136. The number of carbonyl (C=O) groups excluding carboxylic acids is 6. The molecule has 0 bridgehead atoms. The van der Waals surface area contributed by atoms with Crippen molar-refractivity contribution in [1.29, 1.82) is 0 Å². The van der Waals surface area contributed by atoms with Crippen LogP contribution in [0.4, 0.5) is 14.4 Å². The molecule has 4 aliphatic rings. The van der Waals surface area contributed by atoms with Crippen LogP contribution in [0.25, 0.3) is 0 Å². The largest absolute Gasteiger partial charge is 0.493 e. The van der Waals surface area contributed by atoms with Crippen LogP contribution in [-0.2, 0) is 90.5 Å². The highest BCUT2D eigenvalue weighted by Gasteiger charge is 2.48. The Labute approximate surface area is 728 Å². The number of amides is 6. The monoisotopic (exact) mass is 1800 g/mol. The van der Waals surface area contributed by atoms with Gasteiger partial charge in [-0.1, -0.05) is 0 Å². The van der Waals surface area contributed by atoms with Crippen molar-refractivity contribution in [2.45, 2.75) is 187 Å². The van der Waals surface area contributed by atoms with Crippen LogP contribution in [0.5, 0.6) is 34.5 Å². The van der Waals surface area contributed by atoms with Gasteiger partial charge >= 0.3 is 18.3 Å². The number of methoxy groups -OCH3 is 3. The van der Waals surface area contributed by atoms with Crippen molar-refractivity contribution in [3.05, 3.63) is 69.8 Å². The van der Waals surface area contributed by atoms with Crippen molar-refractivity contribution in [1.82, 2.24) is 31.9 Å². The van der Waals surface area contributed by atoms with Crippen LogP contribution in [0.15, 0.2) is 36.4 Å². The van der Waals surface area contributed by atoms with Crippen molar-refractivity contribution in [3.63, 3.8) is 0 Å². The Hall–Kier alpha value is -8.28. The predicted molar refractivity (Wildman–Crippen MR) is 438 cm³/mol. The normalized spacial score (nSPS) is 23.4. The Morgan fingerprint density at radius 2 is 0.548 bits per heavy atom. The van der Waals surface area contributed by atoms with Gasteiger partial charge in [0, 0.05) is 0 Å². The number of aliphatic hydroxyl groups excluding tert-OH is 12. The number of benzene rings is 3. The average Bonchev–Trinajstić information content (AvgIpc) is 1.57. The van der Waals surface area contributed by atoms with Gasteiger partial charge in [0.05, 0.1) is 120 Å². The SMILES string of the molecule is COc1cc2c(cc1OCCOCCOCCOC(=O)N[C@@H](CCCCN)C(=O)N[C@@H]1O[C@H](CO)[C@H](O)[C@H](O)[C@H]1O)Cc1cc(OC)c(OCCOCCOCCOC(=O)N[C@@H](CCCCN)C(=O)N[C@@H]3O[C@H](CO)[C@H](O)[C@H](O)[C@H]3O)cc1Cc1cc(OCCOCCOCCOC(=O)N[C@@H](CCCCN)C(=O)N[C@@H]3O[C@H](CO)[C@H](O)[C@H](O)[C@H]3O)c(OC)cc1C2. The first-order chi connectivity index (χ1) is 60.8. The Kier molecular flexibility index (Phi) is 47.3. The maximum atomic E-state index is 13.3. The molecule has 18 atom stereocenters. The van der Waals surface area contributed by atoms with Gasteiger partial charge in [-0.2, -0.15) is 0 Å². The van der Waals surface area contributed by atoms with E-state index in [1.54, 1.807) is 0 Å². The van der Waals surface area contributed by atoms with Crippen LogP contribution < -0.4 is 77.5 Å². The molecule has 3 aliphatic heterocycles. The first-order valence-electron chi connectivity index (χ1n) is 42.0. The lowest BCUT2D eigenvalue weighted by Crippen LogP contribution is -2.64. The van der Waals surface area contributed by atoms with E-state index in [1.807, 2.05) is 36.4 Å². The number of nitrogens with one attached hydrogen (secondary N) is 6. The summed E-state index contributed by atoms with van der Waals surface area (Å²) in [4.78, 5) is 78.4. The Morgan fingerprint density at radius 1 is 0.325 bits per heavy atom. The molecule has 0 aromatic heterocycles. The number of fused-ring (bicyclic) bond motifs is 3. The smallest absolute Gasteiger partial charge is 0.407 e. The molecular formula is C81H129N9O36. The van der Waals surface area contributed by atoms with Gasteiger partial charge in [-0.05, 0) is 166 Å². The highest BCUT2D eigenvalue weighted by atomic mass is 16.6. The number of alkyl carbamates (subject to hydrolysis) is 3. The Morgan fingerprint density at radius 3 is 0.770 bits per heavy atom. The van der Waals surface area contributed by atoms with Gasteiger partial charge in [0.2, 0.25) is 17.7 Å². The first kappa shape index (κ1) is 105. The molecule has 45 nitrogen and oxygen atoms in total. The van der Waals surface area contributed by atoms with Crippen molar-refractivity contribution in [2.75, 3.05) is 180 Å². The van der Waals surface area contributed by atoms with Crippen LogP contribution in [0.1, 0.15) is 91.2 Å².